The molecule has 0 spiro atoms. The maximum Gasteiger partial charge on any atom is 0.191 e. The van der Waals surface area contributed by atoms with Crippen LogP contribution in [0.25, 0.3) is 0 Å². The van der Waals surface area contributed by atoms with E-state index in [0.717, 1.165) is 25.0 Å². The van der Waals surface area contributed by atoms with Crippen LogP contribution in [0.5, 0.6) is 0 Å². The van der Waals surface area contributed by atoms with Gasteiger partial charge in [0.05, 0.1) is 6.54 Å². The molecule has 0 amide bonds. The molecule has 1 aliphatic heterocycles. The summed E-state index contributed by atoms with van der Waals surface area (Å²) in [7, 11) is 0. The lowest BCUT2D eigenvalue weighted by Gasteiger charge is -2.42. The standard InChI is InChI=1S/C16H32N4/c1-5-17-15(19-14-8-9-14)18-12-16(3,4)20-10-6-7-13(2)11-20/h13-14H,5-12H2,1-4H3,(H2,17,18,19). The summed E-state index contributed by atoms with van der Waals surface area (Å²) in [4.78, 5) is 7.43. The monoisotopic (exact) mass is 280 g/mol. The number of nitrogens with zero attached hydrogens (tertiary/aromatic N) is 2. The normalized spacial score (nSPS) is 25.6. The molecule has 4 nitrogen and oxygen atoms in total. The van der Waals surface area contributed by atoms with Gasteiger partial charge in [0.15, 0.2) is 5.96 Å². The van der Waals surface area contributed by atoms with Crippen LogP contribution in [0.15, 0.2) is 4.99 Å². The number of guanidine groups is 1. The molecule has 0 bridgehead atoms. The SMILES string of the molecule is CCNC(=NCC(C)(C)N1CCCC(C)C1)NC1CC1. The molecule has 0 radical (unpaired) electrons. The quantitative estimate of drug-likeness (QED) is 0.599. The van der Waals surface area contributed by atoms with Gasteiger partial charge in [0.2, 0.25) is 0 Å². The Balaban J connectivity index is 1.90. The molecule has 4 heteroatoms. The predicted molar refractivity (Wildman–Crippen MR) is 86.2 cm³/mol. The van der Waals surface area contributed by atoms with Crippen LogP contribution in [0.2, 0.25) is 0 Å². The lowest BCUT2D eigenvalue weighted by atomic mass is 9.94. The van der Waals surface area contributed by atoms with Crippen LogP contribution in [-0.4, -0.2) is 48.6 Å². The van der Waals surface area contributed by atoms with Gasteiger partial charge in [0.25, 0.3) is 0 Å². The first-order chi connectivity index (χ1) is 9.51. The largest absolute Gasteiger partial charge is 0.357 e. The maximum atomic E-state index is 4.82. The van der Waals surface area contributed by atoms with E-state index in [4.69, 9.17) is 4.99 Å². The van der Waals surface area contributed by atoms with Crippen molar-refractivity contribution in [2.24, 2.45) is 10.9 Å². The lowest BCUT2D eigenvalue weighted by Crippen LogP contribution is -2.51. The van der Waals surface area contributed by atoms with E-state index in [0.29, 0.717) is 6.04 Å². The average Bonchev–Trinajstić information content (AvgIpc) is 3.20. The van der Waals surface area contributed by atoms with Crippen LogP contribution in [0.1, 0.15) is 53.4 Å². The number of likely N-dealkylation sites (tertiary alicyclic amines) is 1. The summed E-state index contributed by atoms with van der Waals surface area (Å²) in [5.41, 5.74) is 0.153. The summed E-state index contributed by atoms with van der Waals surface area (Å²) in [5, 5.41) is 6.86. The molecule has 1 heterocycles. The fourth-order valence-electron chi connectivity index (χ4n) is 2.85. The first-order valence-corrected chi connectivity index (χ1v) is 8.31. The van der Waals surface area contributed by atoms with Crippen LogP contribution in [-0.2, 0) is 0 Å². The lowest BCUT2D eigenvalue weighted by molar-refractivity contribution is 0.0774. The summed E-state index contributed by atoms with van der Waals surface area (Å²) in [5.74, 6) is 1.82. The second-order valence-corrected chi connectivity index (χ2v) is 7.12. The molecule has 0 aromatic carbocycles. The number of hydrogen-bond acceptors (Lipinski definition) is 2. The van der Waals surface area contributed by atoms with Gasteiger partial charge in [-0.25, -0.2) is 0 Å². The van der Waals surface area contributed by atoms with Crippen molar-refractivity contribution in [1.29, 1.82) is 0 Å². The number of aliphatic imine (C=N–C) groups is 1. The molecule has 1 saturated carbocycles. The Hall–Kier alpha value is -0.770. The predicted octanol–water partition coefficient (Wildman–Crippen LogP) is 2.21. The smallest absolute Gasteiger partial charge is 0.191 e. The second-order valence-electron chi connectivity index (χ2n) is 7.12. The third-order valence-electron chi connectivity index (χ3n) is 4.40. The van der Waals surface area contributed by atoms with E-state index < -0.39 is 0 Å². The zero-order chi connectivity index (χ0) is 14.6. The van der Waals surface area contributed by atoms with Crippen molar-refractivity contribution in [1.82, 2.24) is 15.5 Å². The van der Waals surface area contributed by atoms with Gasteiger partial charge >= 0.3 is 0 Å². The van der Waals surface area contributed by atoms with Crippen molar-refractivity contribution in [3.8, 4) is 0 Å². The molecule has 0 aromatic heterocycles. The van der Waals surface area contributed by atoms with Gasteiger partial charge in [0, 0.05) is 24.7 Å². The second kappa shape index (κ2) is 6.79. The Labute approximate surface area is 124 Å². The highest BCUT2D eigenvalue weighted by molar-refractivity contribution is 5.80. The van der Waals surface area contributed by atoms with Crippen molar-refractivity contribution in [2.75, 3.05) is 26.2 Å². The van der Waals surface area contributed by atoms with Crippen molar-refractivity contribution in [2.45, 2.75) is 65.0 Å². The average molecular weight is 280 g/mol. The van der Waals surface area contributed by atoms with Gasteiger partial charge in [-0.1, -0.05) is 6.92 Å². The summed E-state index contributed by atoms with van der Waals surface area (Å²) in [6.07, 6.45) is 5.28. The molecule has 2 aliphatic rings. The van der Waals surface area contributed by atoms with Crippen LogP contribution in [0, 0.1) is 5.92 Å². The molecule has 1 atom stereocenters. The summed E-state index contributed by atoms with van der Waals surface area (Å²) >= 11 is 0. The summed E-state index contributed by atoms with van der Waals surface area (Å²) in [6.45, 7) is 13.4. The Morgan fingerprint density at radius 2 is 2.05 bits per heavy atom. The molecule has 116 valence electrons. The van der Waals surface area contributed by atoms with Crippen molar-refractivity contribution in [3.05, 3.63) is 0 Å². The van der Waals surface area contributed by atoms with Gasteiger partial charge in [0.1, 0.15) is 0 Å². The van der Waals surface area contributed by atoms with E-state index in [9.17, 15) is 0 Å². The molecule has 20 heavy (non-hydrogen) atoms. The van der Waals surface area contributed by atoms with Gasteiger partial charge in [-0.3, -0.25) is 9.89 Å². The number of hydrogen-bond donors (Lipinski definition) is 2. The fraction of sp³-hybridized carbons (Fsp3) is 0.938. The highest BCUT2D eigenvalue weighted by Crippen LogP contribution is 2.24. The van der Waals surface area contributed by atoms with Crippen LogP contribution >= 0.6 is 0 Å². The first-order valence-electron chi connectivity index (χ1n) is 8.31. The minimum atomic E-state index is 0.153. The topological polar surface area (TPSA) is 39.7 Å². The van der Waals surface area contributed by atoms with Gasteiger partial charge in [-0.05, 0) is 58.9 Å². The third kappa shape index (κ3) is 4.65. The van der Waals surface area contributed by atoms with E-state index in [1.54, 1.807) is 0 Å². The molecule has 1 aliphatic carbocycles. The Morgan fingerprint density at radius 3 is 2.65 bits per heavy atom. The van der Waals surface area contributed by atoms with Crippen molar-refractivity contribution >= 4 is 5.96 Å². The zero-order valence-corrected chi connectivity index (χ0v) is 13.7. The zero-order valence-electron chi connectivity index (χ0n) is 13.7. The molecular formula is C16H32N4. The Morgan fingerprint density at radius 1 is 1.30 bits per heavy atom. The first kappa shape index (κ1) is 15.6. The van der Waals surface area contributed by atoms with E-state index in [1.807, 2.05) is 0 Å². The van der Waals surface area contributed by atoms with Crippen LogP contribution in [0.4, 0.5) is 0 Å². The number of rotatable bonds is 5. The Kier molecular flexibility index (Phi) is 5.30. The fourth-order valence-corrected chi connectivity index (χ4v) is 2.85. The molecular weight excluding hydrogens is 248 g/mol. The number of nitrogens with one attached hydrogen (secondary N) is 2. The highest BCUT2D eigenvalue weighted by Gasteiger charge is 2.30. The molecule has 1 unspecified atom stereocenters. The van der Waals surface area contributed by atoms with E-state index in [2.05, 4.69) is 43.2 Å². The van der Waals surface area contributed by atoms with E-state index in [1.165, 1.54) is 38.8 Å². The molecule has 2 rings (SSSR count). The third-order valence-corrected chi connectivity index (χ3v) is 4.40. The van der Waals surface area contributed by atoms with E-state index >= 15 is 0 Å². The number of piperidine rings is 1. The van der Waals surface area contributed by atoms with Crippen LogP contribution < -0.4 is 10.6 Å². The molecule has 0 aromatic rings. The summed E-state index contributed by atoms with van der Waals surface area (Å²) < 4.78 is 0. The van der Waals surface area contributed by atoms with Gasteiger partial charge in [-0.2, -0.15) is 0 Å². The van der Waals surface area contributed by atoms with Gasteiger partial charge < -0.3 is 10.6 Å². The van der Waals surface area contributed by atoms with Crippen molar-refractivity contribution in [3.63, 3.8) is 0 Å². The molecule has 2 N–H and O–H groups in total. The van der Waals surface area contributed by atoms with Gasteiger partial charge in [-0.15, -0.1) is 0 Å². The van der Waals surface area contributed by atoms with E-state index in [-0.39, 0.29) is 5.54 Å². The summed E-state index contributed by atoms with van der Waals surface area (Å²) in [6, 6.07) is 0.658. The highest BCUT2D eigenvalue weighted by atomic mass is 15.2. The minimum Gasteiger partial charge on any atom is -0.357 e. The van der Waals surface area contributed by atoms with Crippen LogP contribution in [0.3, 0.4) is 0 Å². The van der Waals surface area contributed by atoms with Crippen molar-refractivity contribution < 1.29 is 0 Å². The molecule has 2 fully saturated rings. The minimum absolute atomic E-state index is 0.153. The Bertz CT molecular complexity index is 333. The maximum absolute atomic E-state index is 4.82. The molecule has 1 saturated heterocycles.